The molecule has 0 saturated carbocycles. The van der Waals surface area contributed by atoms with E-state index >= 15 is 0 Å². The summed E-state index contributed by atoms with van der Waals surface area (Å²) < 4.78 is 51.1. The fraction of sp³-hybridized carbons (Fsp3) is 0.364. The van der Waals surface area contributed by atoms with Crippen LogP contribution in [0.5, 0.6) is 0 Å². The smallest absolute Gasteiger partial charge is 0.211 e. The summed E-state index contributed by atoms with van der Waals surface area (Å²) >= 11 is 6.61. The van der Waals surface area contributed by atoms with E-state index in [-0.39, 0.29) is 10.7 Å². The maximum Gasteiger partial charge on any atom is 0.211 e. The number of hydrogen-bond acceptors (Lipinski definition) is 3. The van der Waals surface area contributed by atoms with Crippen molar-refractivity contribution in [2.75, 3.05) is 12.8 Å². The first-order valence-corrected chi connectivity index (χ1v) is 8.77. The first kappa shape index (κ1) is 18.5. The van der Waals surface area contributed by atoms with Gasteiger partial charge in [-0.3, -0.25) is 0 Å². The van der Waals surface area contributed by atoms with Gasteiger partial charge in [-0.15, -0.1) is 0 Å². The Labute approximate surface area is 140 Å². The van der Waals surface area contributed by atoms with Crippen LogP contribution in [0.2, 0.25) is 0 Å². The number of primary sulfonamides is 1. The highest BCUT2D eigenvalue weighted by molar-refractivity contribution is 14.1. The number of benzene rings is 1. The van der Waals surface area contributed by atoms with Crippen LogP contribution in [0.1, 0.15) is 12.5 Å². The summed E-state index contributed by atoms with van der Waals surface area (Å²) in [5, 5.41) is 4.90. The second-order valence-electron chi connectivity index (χ2n) is 4.73. The van der Waals surface area contributed by atoms with Crippen molar-refractivity contribution < 1.29 is 17.2 Å². The van der Waals surface area contributed by atoms with Gasteiger partial charge in [0.15, 0.2) is 16.7 Å². The van der Waals surface area contributed by atoms with E-state index in [0.29, 0.717) is 3.57 Å². The zero-order valence-electron chi connectivity index (χ0n) is 11.2. The van der Waals surface area contributed by atoms with Crippen molar-refractivity contribution in [3.8, 4) is 0 Å². The zero-order valence-corrected chi connectivity index (χ0v) is 15.0. The molecule has 0 bridgehead atoms. The van der Waals surface area contributed by atoms with E-state index in [0.717, 1.165) is 6.07 Å². The van der Waals surface area contributed by atoms with Crippen molar-refractivity contribution in [1.29, 1.82) is 0 Å². The van der Waals surface area contributed by atoms with Crippen molar-refractivity contribution >= 4 is 49.9 Å². The summed E-state index contributed by atoms with van der Waals surface area (Å²) in [5.41, 5.74) is 3.79. The van der Waals surface area contributed by atoms with Crippen molar-refractivity contribution in [3.05, 3.63) is 32.9 Å². The van der Waals surface area contributed by atoms with Crippen LogP contribution in [0, 0.1) is 15.2 Å². The average Bonchev–Trinajstić information content (AvgIpc) is 2.30. The van der Waals surface area contributed by atoms with E-state index in [1.54, 1.807) is 22.6 Å². The molecule has 1 rings (SSSR count). The van der Waals surface area contributed by atoms with E-state index in [4.69, 9.17) is 23.1 Å². The number of halogens is 3. The molecule has 0 aliphatic heterocycles. The number of nitrogens with two attached hydrogens (primary N) is 2. The molecule has 5 nitrogen and oxygen atoms in total. The topological polar surface area (TPSA) is 89.4 Å². The molecule has 0 aliphatic carbocycles. The van der Waals surface area contributed by atoms with E-state index in [9.17, 15) is 17.2 Å². The molecule has 1 atom stereocenters. The van der Waals surface area contributed by atoms with Gasteiger partial charge in [-0.1, -0.05) is 0 Å². The van der Waals surface area contributed by atoms with Gasteiger partial charge < -0.3 is 10.6 Å². The maximum atomic E-state index is 14.2. The normalized spacial score (nSPS) is 14.6. The number of hydrogen-bond donors (Lipinski definition) is 2. The van der Waals surface area contributed by atoms with Gasteiger partial charge in [0.2, 0.25) is 10.0 Å². The zero-order chi connectivity index (χ0) is 16.6. The fourth-order valence-electron chi connectivity index (χ4n) is 1.94. The van der Waals surface area contributed by atoms with Crippen LogP contribution < -0.4 is 10.9 Å². The summed E-state index contributed by atoms with van der Waals surface area (Å²) in [7, 11) is -2.61. The Morgan fingerprint density at radius 2 is 2.00 bits per heavy atom. The van der Waals surface area contributed by atoms with Gasteiger partial charge in [-0.05, 0) is 53.9 Å². The molecule has 0 heterocycles. The lowest BCUT2D eigenvalue weighted by Crippen LogP contribution is -2.52. The van der Waals surface area contributed by atoms with Gasteiger partial charge in [-0.2, -0.15) is 0 Å². The van der Waals surface area contributed by atoms with Gasteiger partial charge in [0.05, 0.1) is 11.3 Å². The SMILES string of the molecule is CN(C(N)=S)[C@@](C)(CS(N)(=O)=O)c1cc(I)cc(F)c1F. The lowest BCUT2D eigenvalue weighted by atomic mass is 9.92. The number of nitrogens with zero attached hydrogens (tertiary/aromatic N) is 1. The lowest BCUT2D eigenvalue weighted by Gasteiger charge is -2.39. The van der Waals surface area contributed by atoms with Crippen LogP contribution in [0.3, 0.4) is 0 Å². The molecule has 0 unspecified atom stereocenters. The summed E-state index contributed by atoms with van der Waals surface area (Å²) in [6.07, 6.45) is 0. The molecule has 0 saturated heterocycles. The third kappa shape index (κ3) is 4.20. The maximum absolute atomic E-state index is 14.2. The van der Waals surface area contributed by atoms with Gasteiger partial charge in [0, 0.05) is 16.2 Å². The van der Waals surface area contributed by atoms with E-state index in [1.165, 1.54) is 24.9 Å². The Bertz CT molecular complexity index is 684. The highest BCUT2D eigenvalue weighted by Gasteiger charge is 2.39. The van der Waals surface area contributed by atoms with Crippen LogP contribution in [0.4, 0.5) is 8.78 Å². The molecule has 0 amide bonds. The van der Waals surface area contributed by atoms with Gasteiger partial charge >= 0.3 is 0 Å². The van der Waals surface area contributed by atoms with Crippen LogP contribution in [0.25, 0.3) is 0 Å². The Balaban J connectivity index is 3.62. The Morgan fingerprint density at radius 3 is 2.43 bits per heavy atom. The summed E-state index contributed by atoms with van der Waals surface area (Å²) in [5.74, 6) is -2.93. The highest BCUT2D eigenvalue weighted by atomic mass is 127. The minimum absolute atomic E-state index is 0.167. The molecule has 21 heavy (non-hydrogen) atoms. The third-order valence-corrected chi connectivity index (χ3v) is 4.99. The molecule has 0 aliphatic rings. The van der Waals surface area contributed by atoms with Crippen molar-refractivity contribution in [2.24, 2.45) is 10.9 Å². The second kappa shape index (κ2) is 6.26. The third-order valence-electron chi connectivity index (χ3n) is 3.13. The molecule has 0 spiro atoms. The van der Waals surface area contributed by atoms with Gasteiger partial charge in [0.25, 0.3) is 0 Å². The molecule has 0 fully saturated rings. The van der Waals surface area contributed by atoms with E-state index in [2.05, 4.69) is 0 Å². The molecule has 0 aromatic heterocycles. The van der Waals surface area contributed by atoms with Crippen LogP contribution in [0.15, 0.2) is 12.1 Å². The Morgan fingerprint density at radius 1 is 1.48 bits per heavy atom. The quantitative estimate of drug-likeness (QED) is 0.411. The van der Waals surface area contributed by atoms with Crippen LogP contribution >= 0.6 is 34.8 Å². The molecular weight excluding hydrogens is 435 g/mol. The monoisotopic (exact) mass is 449 g/mol. The van der Waals surface area contributed by atoms with Crippen molar-refractivity contribution in [3.63, 3.8) is 0 Å². The number of thiocarbonyl (C=S) groups is 1. The minimum atomic E-state index is -4.00. The van der Waals surface area contributed by atoms with Gasteiger partial charge in [-0.25, -0.2) is 22.3 Å². The predicted molar refractivity (Wildman–Crippen MR) is 88.9 cm³/mol. The van der Waals surface area contributed by atoms with Crippen molar-refractivity contribution in [2.45, 2.75) is 12.5 Å². The molecule has 4 N–H and O–H groups in total. The minimum Gasteiger partial charge on any atom is -0.376 e. The second-order valence-corrected chi connectivity index (χ2v) is 8.01. The largest absolute Gasteiger partial charge is 0.376 e. The average molecular weight is 449 g/mol. The molecule has 1 aromatic carbocycles. The van der Waals surface area contributed by atoms with Gasteiger partial charge in [0.1, 0.15) is 0 Å². The molecule has 0 radical (unpaired) electrons. The summed E-state index contributed by atoms with van der Waals surface area (Å²) in [6, 6.07) is 2.33. The Hall–Kier alpha value is -0.590. The van der Waals surface area contributed by atoms with E-state index in [1.807, 2.05) is 0 Å². The number of sulfonamides is 1. The standard InChI is InChI=1S/C11H14F2IN3O2S2/c1-11(5-21(16,18)19,17(2)10(15)20)7-3-6(14)4-8(12)9(7)13/h3-4H,5H2,1-2H3,(H2,15,20)(H2,16,18,19)/t11-/m0/s1. The highest BCUT2D eigenvalue weighted by Crippen LogP contribution is 2.32. The molecule has 1 aromatic rings. The lowest BCUT2D eigenvalue weighted by molar-refractivity contribution is 0.252. The van der Waals surface area contributed by atoms with Crippen LogP contribution in [-0.4, -0.2) is 31.2 Å². The summed E-state index contributed by atoms with van der Waals surface area (Å²) in [6.45, 7) is 1.38. The number of rotatable bonds is 4. The van der Waals surface area contributed by atoms with Crippen LogP contribution in [-0.2, 0) is 15.6 Å². The summed E-state index contributed by atoms with van der Waals surface area (Å²) in [4.78, 5) is 1.18. The predicted octanol–water partition coefficient (Wildman–Crippen LogP) is 1.25. The first-order chi connectivity index (χ1) is 9.38. The van der Waals surface area contributed by atoms with Crippen molar-refractivity contribution in [1.82, 2.24) is 4.90 Å². The molecule has 118 valence electrons. The first-order valence-electron chi connectivity index (χ1n) is 5.57. The molecular formula is C11H14F2IN3O2S2. The fourth-order valence-corrected chi connectivity index (χ4v) is 3.86. The van der Waals surface area contributed by atoms with E-state index < -0.39 is 32.9 Å². The Kier molecular flexibility index (Phi) is 5.51. The molecule has 10 heteroatoms.